The molecule has 2 atom stereocenters. The van der Waals surface area contributed by atoms with E-state index >= 15 is 0 Å². The van der Waals surface area contributed by atoms with E-state index in [2.05, 4.69) is 6.92 Å². The molecular weight excluding hydrogens is 316 g/mol. The third-order valence-corrected chi connectivity index (χ3v) is 6.04. The van der Waals surface area contributed by atoms with E-state index in [1.807, 2.05) is 0 Å². The van der Waals surface area contributed by atoms with Crippen LogP contribution in [0.2, 0.25) is 0 Å². The maximum absolute atomic E-state index is 13.9. The minimum atomic E-state index is -0.725. The van der Waals surface area contributed by atoms with Crippen LogP contribution >= 0.6 is 0 Å². The molecule has 0 heterocycles. The summed E-state index contributed by atoms with van der Waals surface area (Å²) in [6.07, 6.45) is 11.9. The highest BCUT2D eigenvalue weighted by Gasteiger charge is 2.28. The van der Waals surface area contributed by atoms with Gasteiger partial charge in [-0.3, -0.25) is 0 Å². The van der Waals surface area contributed by atoms with Crippen LogP contribution in [0, 0.1) is 28.9 Å². The van der Waals surface area contributed by atoms with Gasteiger partial charge >= 0.3 is 0 Å². The van der Waals surface area contributed by atoms with Crippen molar-refractivity contribution in [2.45, 2.75) is 77.0 Å². The molecule has 2 aliphatic carbocycles. The van der Waals surface area contributed by atoms with Crippen molar-refractivity contribution >= 4 is 0 Å². The van der Waals surface area contributed by atoms with Crippen molar-refractivity contribution in [2.75, 3.05) is 0 Å². The molecule has 0 spiro atoms. The van der Waals surface area contributed by atoms with Gasteiger partial charge in [-0.15, -0.1) is 0 Å². The molecule has 0 radical (unpaired) electrons. The maximum atomic E-state index is 13.9. The number of halogens is 2. The normalized spacial score (nSPS) is 23.3. The lowest BCUT2D eigenvalue weighted by Gasteiger charge is -2.34. The summed E-state index contributed by atoms with van der Waals surface area (Å²) in [6, 6.07) is 4.34. The van der Waals surface area contributed by atoms with Crippen molar-refractivity contribution in [3.8, 4) is 6.07 Å². The van der Waals surface area contributed by atoms with E-state index in [4.69, 9.17) is 5.26 Å². The smallest absolute Gasteiger partial charge is 0.144 e. The van der Waals surface area contributed by atoms with Gasteiger partial charge in [-0.1, -0.05) is 43.8 Å². The first kappa shape index (κ1) is 18.1. The largest absolute Gasteiger partial charge is 0.205 e. The van der Waals surface area contributed by atoms with Gasteiger partial charge in [0.25, 0.3) is 0 Å². The molecule has 0 N–H and O–H groups in total. The van der Waals surface area contributed by atoms with E-state index < -0.39 is 17.2 Å². The number of rotatable bonds is 5. The van der Waals surface area contributed by atoms with Crippen LogP contribution in [-0.4, -0.2) is 0 Å². The van der Waals surface area contributed by atoms with Gasteiger partial charge in [0.1, 0.15) is 23.3 Å². The number of nitriles is 1. The monoisotopic (exact) mass is 343 g/mol. The van der Waals surface area contributed by atoms with Gasteiger partial charge < -0.3 is 0 Å². The van der Waals surface area contributed by atoms with E-state index in [0.717, 1.165) is 31.6 Å². The van der Waals surface area contributed by atoms with Crippen LogP contribution in [0.25, 0.3) is 0 Å². The molecule has 0 aromatic heterocycles. The van der Waals surface area contributed by atoms with Crippen LogP contribution in [0.15, 0.2) is 23.3 Å². The van der Waals surface area contributed by atoms with Crippen LogP contribution < -0.4 is 0 Å². The fourth-order valence-corrected chi connectivity index (χ4v) is 4.57. The molecule has 134 valence electrons. The fraction of sp³-hybridized carbons (Fsp3) is 0.591. The number of unbranched alkanes of at least 4 members (excludes halogenated alkanes) is 2. The highest BCUT2D eigenvalue weighted by molar-refractivity contribution is 5.38. The molecule has 25 heavy (non-hydrogen) atoms. The van der Waals surface area contributed by atoms with E-state index in [1.54, 1.807) is 11.6 Å². The van der Waals surface area contributed by atoms with Gasteiger partial charge in [0.15, 0.2) is 0 Å². The molecule has 2 unspecified atom stereocenters. The second-order valence-corrected chi connectivity index (χ2v) is 7.72. The molecule has 0 saturated heterocycles. The summed E-state index contributed by atoms with van der Waals surface area (Å²) < 4.78 is 27.8. The Morgan fingerprint density at radius 3 is 2.40 bits per heavy atom. The highest BCUT2D eigenvalue weighted by Crippen LogP contribution is 2.45. The van der Waals surface area contributed by atoms with Crippen LogP contribution in [0.1, 0.15) is 88.2 Å². The van der Waals surface area contributed by atoms with Crippen molar-refractivity contribution in [2.24, 2.45) is 5.92 Å². The summed E-state index contributed by atoms with van der Waals surface area (Å²) >= 11 is 0. The number of hydrogen-bond donors (Lipinski definition) is 0. The summed E-state index contributed by atoms with van der Waals surface area (Å²) in [5.41, 5.74) is 3.41. The van der Waals surface area contributed by atoms with Crippen LogP contribution in [0.3, 0.4) is 0 Å². The second kappa shape index (κ2) is 8.13. The Balaban J connectivity index is 1.67. The van der Waals surface area contributed by atoms with Crippen molar-refractivity contribution in [3.05, 3.63) is 46.0 Å². The third-order valence-electron chi connectivity index (χ3n) is 6.04. The van der Waals surface area contributed by atoms with Crippen molar-refractivity contribution in [3.63, 3.8) is 0 Å². The van der Waals surface area contributed by atoms with Gasteiger partial charge in [0, 0.05) is 0 Å². The van der Waals surface area contributed by atoms with E-state index in [-0.39, 0.29) is 5.92 Å². The summed E-state index contributed by atoms with van der Waals surface area (Å²) in [4.78, 5) is 0. The number of hydrogen-bond acceptors (Lipinski definition) is 1. The molecule has 0 aliphatic heterocycles. The second-order valence-electron chi connectivity index (χ2n) is 7.72. The first-order chi connectivity index (χ1) is 12.1. The molecule has 0 bridgehead atoms. The van der Waals surface area contributed by atoms with Gasteiger partial charge in [0.2, 0.25) is 0 Å². The first-order valence-electron chi connectivity index (χ1n) is 9.71. The third kappa shape index (κ3) is 4.11. The Labute approximate surface area is 149 Å². The average molecular weight is 343 g/mol. The predicted molar refractivity (Wildman–Crippen MR) is 96.2 cm³/mol. The van der Waals surface area contributed by atoms with E-state index in [0.29, 0.717) is 5.56 Å². The van der Waals surface area contributed by atoms with Crippen LogP contribution in [0.5, 0.6) is 0 Å². The zero-order valence-corrected chi connectivity index (χ0v) is 15.1. The minimum Gasteiger partial charge on any atom is -0.205 e. The van der Waals surface area contributed by atoms with Crippen LogP contribution in [-0.2, 0) is 0 Å². The lowest BCUT2D eigenvalue weighted by atomic mass is 9.71. The number of nitrogens with zero attached hydrogens (tertiary/aromatic N) is 1. The highest BCUT2D eigenvalue weighted by atomic mass is 19.1. The summed E-state index contributed by atoms with van der Waals surface area (Å²) in [7, 11) is 0. The summed E-state index contributed by atoms with van der Waals surface area (Å²) in [5.74, 6) is -0.424. The molecule has 0 amide bonds. The lowest BCUT2D eigenvalue weighted by Crippen LogP contribution is -2.17. The van der Waals surface area contributed by atoms with Gasteiger partial charge in [-0.2, -0.15) is 5.26 Å². The average Bonchev–Trinajstić information content (AvgIpc) is 2.61. The molecule has 3 heteroatoms. The molecule has 1 aromatic carbocycles. The lowest BCUT2D eigenvalue weighted by molar-refractivity contribution is 0.377. The Morgan fingerprint density at radius 1 is 1.04 bits per heavy atom. The standard InChI is InChI=1S/C22H27F2N/c1-2-3-4-5-15-6-7-17-11-18(9-8-16(17)10-15)19-12-21(23)20(14-25)22(24)13-19/h12-13,15,18H,2-11H2,1H3. The molecule has 0 saturated carbocycles. The Hall–Kier alpha value is -1.69. The molecule has 1 nitrogen and oxygen atoms in total. The quantitative estimate of drug-likeness (QED) is 0.427. The van der Waals surface area contributed by atoms with Gasteiger partial charge in [0.05, 0.1) is 0 Å². The molecular formula is C22H27F2N. The topological polar surface area (TPSA) is 23.8 Å². The van der Waals surface area contributed by atoms with E-state index in [9.17, 15) is 8.78 Å². The summed E-state index contributed by atoms with van der Waals surface area (Å²) in [6.45, 7) is 2.25. The van der Waals surface area contributed by atoms with Gasteiger partial charge in [-0.05, 0) is 68.1 Å². The van der Waals surface area contributed by atoms with Crippen molar-refractivity contribution in [1.82, 2.24) is 0 Å². The van der Waals surface area contributed by atoms with Crippen LogP contribution in [0.4, 0.5) is 8.78 Å². The zero-order chi connectivity index (χ0) is 17.8. The molecule has 3 rings (SSSR count). The number of allylic oxidation sites excluding steroid dienone is 2. The molecule has 0 fully saturated rings. The van der Waals surface area contributed by atoms with E-state index in [1.165, 1.54) is 56.2 Å². The minimum absolute atomic E-state index is 0.187. The number of benzene rings is 1. The maximum Gasteiger partial charge on any atom is 0.144 e. The Bertz CT molecular complexity index is 675. The fourth-order valence-electron chi connectivity index (χ4n) is 4.57. The Kier molecular flexibility index (Phi) is 5.89. The molecule has 1 aromatic rings. The SMILES string of the molecule is CCCCCC1CCC2=C(CCC(c3cc(F)c(C#N)c(F)c3)C2)C1. The van der Waals surface area contributed by atoms with Crippen molar-refractivity contribution < 1.29 is 8.78 Å². The Morgan fingerprint density at radius 2 is 1.72 bits per heavy atom. The summed E-state index contributed by atoms with van der Waals surface area (Å²) in [5, 5.41) is 8.82. The zero-order valence-electron chi connectivity index (χ0n) is 15.1. The predicted octanol–water partition coefficient (Wildman–Crippen LogP) is 6.78. The first-order valence-corrected chi connectivity index (χ1v) is 9.71. The van der Waals surface area contributed by atoms with Crippen molar-refractivity contribution in [1.29, 1.82) is 5.26 Å². The molecule has 2 aliphatic rings. The van der Waals surface area contributed by atoms with Gasteiger partial charge in [-0.25, -0.2) is 8.78 Å².